The molecule has 0 N–H and O–H groups in total. The molecule has 0 saturated carbocycles. The smallest absolute Gasteiger partial charge is 0.238 e. The quantitative estimate of drug-likeness (QED) is 0.168. The van der Waals surface area contributed by atoms with Gasteiger partial charge in [0.15, 0.2) is 11.6 Å². The van der Waals surface area contributed by atoms with Crippen LogP contribution in [0, 0.1) is 0 Å². The summed E-state index contributed by atoms with van der Waals surface area (Å²) in [7, 11) is 0. The van der Waals surface area contributed by atoms with E-state index in [0.717, 1.165) is 77.2 Å². The first-order chi connectivity index (χ1) is 32.9. The van der Waals surface area contributed by atoms with Crippen LogP contribution in [-0.4, -0.2) is 24.1 Å². The van der Waals surface area contributed by atoms with Crippen molar-refractivity contribution < 1.29 is 9.90 Å². The molecule has 0 bridgehead atoms. The van der Waals surface area contributed by atoms with Crippen molar-refractivity contribution >= 4 is 65.6 Å². The topological polar surface area (TPSA) is 61.7 Å². The summed E-state index contributed by atoms with van der Waals surface area (Å²) >= 11 is 0. The Bertz CT molecular complexity index is 4130. The van der Waals surface area contributed by atoms with Crippen molar-refractivity contribution in [2.45, 2.75) is 0 Å². The van der Waals surface area contributed by atoms with E-state index >= 15 is 0 Å². The number of para-hydroxylation sites is 2. The Morgan fingerprint density at radius 1 is 0.381 bits per heavy atom. The second-order valence-corrected chi connectivity index (χ2v) is 15.7. The fourth-order valence-corrected chi connectivity index (χ4v) is 9.36. The van der Waals surface area contributed by atoms with Gasteiger partial charge < -0.3 is 8.98 Å². The molecule has 0 saturated heterocycles. The van der Waals surface area contributed by atoms with Crippen molar-refractivity contribution in [2.24, 2.45) is 0 Å². The van der Waals surface area contributed by atoms with Crippen molar-refractivity contribution in [1.82, 2.24) is 24.1 Å². The van der Waals surface area contributed by atoms with Gasteiger partial charge in [-0.2, -0.15) is 9.97 Å². The molecule has 0 fully saturated rings. The molecule has 9 aromatic carbocycles. The number of fused-ring (bicyclic) bond motifs is 10. The van der Waals surface area contributed by atoms with Gasteiger partial charge in [-0.15, -0.1) is 0 Å². The Kier molecular flexibility index (Phi) is 6.94. The third kappa shape index (κ3) is 5.48. The molecule has 4 aromatic heterocycles. The maximum atomic E-state index is 9.43. The van der Waals surface area contributed by atoms with E-state index < -0.39 is 0 Å². The largest absolute Gasteiger partial charge is 0.456 e. The first-order valence-corrected chi connectivity index (χ1v) is 20.9. The average molecular weight is 810 g/mol. The zero-order valence-electron chi connectivity index (χ0n) is 37.5. The second-order valence-electron chi connectivity index (χ2n) is 15.7. The predicted molar refractivity (Wildman–Crippen MR) is 258 cm³/mol. The van der Waals surface area contributed by atoms with Gasteiger partial charge in [0.2, 0.25) is 5.95 Å². The van der Waals surface area contributed by atoms with Crippen molar-refractivity contribution in [3.63, 3.8) is 0 Å². The normalized spacial score (nSPS) is 12.7. The van der Waals surface area contributed by atoms with Crippen LogP contribution in [0.25, 0.3) is 122 Å². The van der Waals surface area contributed by atoms with E-state index in [1.54, 1.807) is 0 Å². The third-order valence-electron chi connectivity index (χ3n) is 12.1. The van der Waals surface area contributed by atoms with Gasteiger partial charge >= 0.3 is 0 Å². The monoisotopic (exact) mass is 809 g/mol. The van der Waals surface area contributed by atoms with E-state index in [4.69, 9.17) is 22.1 Å². The maximum Gasteiger partial charge on any atom is 0.238 e. The molecule has 0 amide bonds. The molecular formula is C57H35N5O. The Morgan fingerprint density at radius 2 is 0.952 bits per heavy atom. The molecule has 6 heteroatoms. The number of furan rings is 1. The van der Waals surface area contributed by atoms with E-state index in [1.165, 1.54) is 0 Å². The van der Waals surface area contributed by atoms with Gasteiger partial charge in [-0.1, -0.05) is 176 Å². The minimum atomic E-state index is -0.301. The van der Waals surface area contributed by atoms with E-state index in [-0.39, 0.29) is 24.2 Å². The molecule has 0 unspecified atom stereocenters. The first kappa shape index (κ1) is 31.3. The number of hydrogen-bond acceptors (Lipinski definition) is 4. The number of rotatable bonds is 6. The Labute approximate surface area is 367 Å². The van der Waals surface area contributed by atoms with Crippen LogP contribution in [0.15, 0.2) is 217 Å². The highest BCUT2D eigenvalue weighted by atomic mass is 16.3. The molecule has 0 atom stereocenters. The summed E-state index contributed by atoms with van der Waals surface area (Å²) in [6.07, 6.45) is 0. The number of benzene rings is 9. The number of hydrogen-bond donors (Lipinski definition) is 0. The molecule has 13 rings (SSSR count). The van der Waals surface area contributed by atoms with Gasteiger partial charge in [0.05, 0.1) is 27.5 Å². The standard InChI is InChI=1S/C57H35N5O/c1-4-16-36(17-5-1)37-30-32-40(33-31-37)61-47-26-12-10-22-42(47)44-34-35-45-43-23-11-13-27-48(43)62(54(45)53(44)61)57-59-55(39-20-8-3-9-21-39)58-56(60-57)46-25-15-29-50-52(46)51-41(24-14-28-49(51)63-50)38-18-6-2-7-19-38/h1-35H/i10D,12D,22D,26D. The van der Waals surface area contributed by atoms with Gasteiger partial charge in [0.1, 0.15) is 11.2 Å². The number of nitrogens with zero attached hydrogens (tertiary/aromatic N) is 5. The van der Waals surface area contributed by atoms with Crippen molar-refractivity contribution in [2.75, 3.05) is 0 Å². The summed E-state index contributed by atoms with van der Waals surface area (Å²) in [5.41, 5.74) is 10.6. The first-order valence-electron chi connectivity index (χ1n) is 22.9. The minimum Gasteiger partial charge on any atom is -0.456 e. The molecule has 294 valence electrons. The molecule has 13 aromatic rings. The summed E-state index contributed by atoms with van der Waals surface area (Å²) in [6.45, 7) is 0. The molecule has 0 aliphatic carbocycles. The average Bonchev–Trinajstić information content (AvgIpc) is 4.06. The van der Waals surface area contributed by atoms with Gasteiger partial charge in [-0.05, 0) is 58.6 Å². The fourth-order valence-electron chi connectivity index (χ4n) is 9.36. The maximum absolute atomic E-state index is 9.43. The zero-order valence-corrected chi connectivity index (χ0v) is 33.5. The van der Waals surface area contributed by atoms with E-state index in [0.29, 0.717) is 45.0 Å². The van der Waals surface area contributed by atoms with Crippen LogP contribution in [-0.2, 0) is 0 Å². The van der Waals surface area contributed by atoms with Gasteiger partial charge in [-0.3, -0.25) is 4.57 Å². The molecule has 6 nitrogen and oxygen atoms in total. The Hall–Kier alpha value is -8.61. The minimum absolute atomic E-state index is 0.105. The van der Waals surface area contributed by atoms with Crippen molar-refractivity contribution in [1.29, 1.82) is 0 Å². The molecule has 0 spiro atoms. The third-order valence-corrected chi connectivity index (χ3v) is 12.1. The summed E-state index contributed by atoms with van der Waals surface area (Å²) in [5, 5.41) is 4.81. The predicted octanol–water partition coefficient (Wildman–Crippen LogP) is 14.6. The lowest BCUT2D eigenvalue weighted by atomic mass is 9.97. The summed E-state index contributed by atoms with van der Waals surface area (Å²) in [6, 6.07) is 62.0. The molecule has 63 heavy (non-hydrogen) atoms. The number of aromatic nitrogens is 5. The van der Waals surface area contributed by atoms with Gasteiger partial charge in [-0.25, -0.2) is 4.98 Å². The summed E-state index contributed by atoms with van der Waals surface area (Å²) < 4.78 is 47.1. The van der Waals surface area contributed by atoms with Crippen LogP contribution in [0.3, 0.4) is 0 Å². The second kappa shape index (κ2) is 14.0. The van der Waals surface area contributed by atoms with Crippen LogP contribution < -0.4 is 0 Å². The highest BCUT2D eigenvalue weighted by Crippen LogP contribution is 2.44. The Balaban J connectivity index is 1.16. The highest BCUT2D eigenvalue weighted by Gasteiger charge is 2.25. The van der Waals surface area contributed by atoms with Crippen LogP contribution in [0.4, 0.5) is 0 Å². The molecule has 4 heterocycles. The highest BCUT2D eigenvalue weighted by molar-refractivity contribution is 6.24. The van der Waals surface area contributed by atoms with E-state index in [9.17, 15) is 2.74 Å². The van der Waals surface area contributed by atoms with Crippen LogP contribution in [0.5, 0.6) is 0 Å². The fraction of sp³-hybridized carbons (Fsp3) is 0. The van der Waals surface area contributed by atoms with Crippen molar-refractivity contribution in [3.05, 3.63) is 212 Å². The zero-order chi connectivity index (χ0) is 44.9. The van der Waals surface area contributed by atoms with Crippen LogP contribution >= 0.6 is 0 Å². The summed E-state index contributed by atoms with van der Waals surface area (Å²) in [5.74, 6) is 1.30. The van der Waals surface area contributed by atoms with Crippen LogP contribution in [0.2, 0.25) is 0 Å². The molecule has 0 radical (unpaired) electrons. The van der Waals surface area contributed by atoms with Gasteiger partial charge in [0, 0.05) is 49.1 Å². The lowest BCUT2D eigenvalue weighted by Crippen LogP contribution is -2.07. The lowest BCUT2D eigenvalue weighted by Gasteiger charge is -2.14. The van der Waals surface area contributed by atoms with E-state index in [2.05, 4.69) is 59.2 Å². The van der Waals surface area contributed by atoms with Crippen LogP contribution in [0.1, 0.15) is 5.48 Å². The summed E-state index contributed by atoms with van der Waals surface area (Å²) in [4.78, 5) is 16.0. The molecule has 0 aliphatic rings. The molecular weight excluding hydrogens is 771 g/mol. The SMILES string of the molecule is [2H]c1c([2H])c([2H])c2c(c1[2H])c1ccc3c4ccccc4n(-c4nc(-c5ccccc5)nc(-c5cccc6oc7cccc(-c8ccccc8)c7c56)n4)c3c1n2-c1ccc(-c2ccccc2)cc1. The van der Waals surface area contributed by atoms with Crippen molar-refractivity contribution in [3.8, 4) is 56.7 Å². The lowest BCUT2D eigenvalue weighted by molar-refractivity contribution is 0.669. The Morgan fingerprint density at radius 3 is 1.70 bits per heavy atom. The van der Waals surface area contributed by atoms with Gasteiger partial charge in [0.25, 0.3) is 0 Å². The van der Waals surface area contributed by atoms with E-state index in [1.807, 2.05) is 138 Å². The molecule has 0 aliphatic heterocycles.